The van der Waals surface area contributed by atoms with E-state index in [0.717, 1.165) is 77.2 Å². The monoisotopic (exact) mass is 635 g/mol. The molecule has 0 spiro atoms. The van der Waals surface area contributed by atoms with E-state index in [1.54, 1.807) is 0 Å². The number of para-hydroxylation sites is 3. The normalized spacial score (nSPS) is 11.1. The maximum absolute atomic E-state index is 10.5. The number of hydrogen-bond donors (Lipinski definition) is 0. The second-order valence-corrected chi connectivity index (χ2v) is 12.3. The number of fused-ring (bicyclic) bond motifs is 6. The SMILES string of the molecule is N#Cc1ccc2c(c1)c1cccc(C#N)c1n2-c1cccc(-c2ccccc2-c2c(C#N)cccc2-n2c3ccccc3c3ccccc32)c1. The van der Waals surface area contributed by atoms with Crippen molar-refractivity contribution in [2.24, 2.45) is 0 Å². The molecule has 2 aromatic heterocycles. The summed E-state index contributed by atoms with van der Waals surface area (Å²) in [5.41, 5.74) is 11.1. The predicted molar refractivity (Wildman–Crippen MR) is 200 cm³/mol. The lowest BCUT2D eigenvalue weighted by molar-refractivity contribution is 1.17. The van der Waals surface area contributed by atoms with Crippen LogP contribution in [0.5, 0.6) is 0 Å². The summed E-state index contributed by atoms with van der Waals surface area (Å²) in [5.74, 6) is 0. The molecule has 5 heteroatoms. The van der Waals surface area contributed by atoms with Crippen LogP contribution in [-0.4, -0.2) is 9.13 Å². The molecular formula is C45H25N5. The van der Waals surface area contributed by atoms with Crippen molar-refractivity contribution in [1.29, 1.82) is 15.8 Å². The Hall–Kier alpha value is -7.39. The molecule has 2 heterocycles. The molecule has 0 aliphatic rings. The molecule has 0 saturated carbocycles. The molecule has 0 N–H and O–H groups in total. The van der Waals surface area contributed by atoms with Crippen molar-refractivity contribution < 1.29 is 0 Å². The van der Waals surface area contributed by atoms with E-state index in [-0.39, 0.29) is 0 Å². The fourth-order valence-corrected chi connectivity index (χ4v) is 7.55. The zero-order chi connectivity index (χ0) is 33.8. The molecule has 0 fully saturated rings. The van der Waals surface area contributed by atoms with Crippen LogP contribution in [0.25, 0.3) is 77.2 Å². The first-order valence-corrected chi connectivity index (χ1v) is 16.3. The summed E-state index contributed by atoms with van der Waals surface area (Å²) in [6, 6.07) is 57.8. The van der Waals surface area contributed by atoms with Gasteiger partial charge in [-0.2, -0.15) is 15.8 Å². The van der Waals surface area contributed by atoms with Gasteiger partial charge in [0, 0.05) is 32.8 Å². The molecule has 0 unspecified atom stereocenters. The fraction of sp³-hybridized carbons (Fsp3) is 0. The fourth-order valence-electron chi connectivity index (χ4n) is 7.55. The molecule has 0 atom stereocenters. The second-order valence-electron chi connectivity index (χ2n) is 12.3. The minimum absolute atomic E-state index is 0.557. The van der Waals surface area contributed by atoms with Gasteiger partial charge in [0.05, 0.1) is 56.6 Å². The van der Waals surface area contributed by atoms with Gasteiger partial charge in [-0.05, 0) is 77.4 Å². The molecule has 0 bridgehead atoms. The van der Waals surface area contributed by atoms with Crippen LogP contribution in [-0.2, 0) is 0 Å². The summed E-state index contributed by atoms with van der Waals surface area (Å²) < 4.78 is 4.38. The largest absolute Gasteiger partial charge is 0.309 e. The Morgan fingerprint density at radius 2 is 1.04 bits per heavy atom. The Bertz CT molecular complexity index is 2920. The maximum atomic E-state index is 10.5. The molecule has 0 saturated heterocycles. The summed E-state index contributed by atoms with van der Waals surface area (Å²) in [6.07, 6.45) is 0. The first-order chi connectivity index (χ1) is 24.7. The van der Waals surface area contributed by atoms with E-state index in [1.807, 2.05) is 72.8 Å². The average molecular weight is 636 g/mol. The van der Waals surface area contributed by atoms with Crippen LogP contribution in [0.3, 0.4) is 0 Å². The van der Waals surface area contributed by atoms with Crippen molar-refractivity contribution in [3.05, 3.63) is 168 Å². The van der Waals surface area contributed by atoms with Gasteiger partial charge in [0.25, 0.3) is 0 Å². The minimum atomic E-state index is 0.557. The van der Waals surface area contributed by atoms with Crippen molar-refractivity contribution in [1.82, 2.24) is 9.13 Å². The first-order valence-electron chi connectivity index (χ1n) is 16.3. The lowest BCUT2D eigenvalue weighted by Gasteiger charge is -2.19. The van der Waals surface area contributed by atoms with Gasteiger partial charge >= 0.3 is 0 Å². The van der Waals surface area contributed by atoms with Gasteiger partial charge in [0.2, 0.25) is 0 Å². The van der Waals surface area contributed by atoms with Crippen molar-refractivity contribution in [2.45, 2.75) is 0 Å². The van der Waals surface area contributed by atoms with Gasteiger partial charge in [0.1, 0.15) is 6.07 Å². The highest BCUT2D eigenvalue weighted by atomic mass is 15.0. The number of rotatable bonds is 4. The molecule has 7 aromatic carbocycles. The van der Waals surface area contributed by atoms with Crippen LogP contribution >= 0.6 is 0 Å². The Morgan fingerprint density at radius 3 is 1.78 bits per heavy atom. The average Bonchev–Trinajstić information content (AvgIpc) is 3.70. The summed E-state index contributed by atoms with van der Waals surface area (Å²) >= 11 is 0. The molecule has 0 aliphatic carbocycles. The molecular weight excluding hydrogens is 611 g/mol. The van der Waals surface area contributed by atoms with Crippen molar-refractivity contribution >= 4 is 43.6 Å². The Morgan fingerprint density at radius 1 is 0.420 bits per heavy atom. The van der Waals surface area contributed by atoms with Crippen LogP contribution < -0.4 is 0 Å². The van der Waals surface area contributed by atoms with Gasteiger partial charge < -0.3 is 9.13 Å². The summed E-state index contributed by atoms with van der Waals surface area (Å²) in [6.45, 7) is 0. The molecule has 230 valence electrons. The zero-order valence-electron chi connectivity index (χ0n) is 26.7. The van der Waals surface area contributed by atoms with Crippen molar-refractivity contribution in [3.8, 4) is 51.8 Å². The lowest BCUT2D eigenvalue weighted by Crippen LogP contribution is -2.01. The van der Waals surface area contributed by atoms with Gasteiger partial charge in [-0.25, -0.2) is 0 Å². The minimum Gasteiger partial charge on any atom is -0.309 e. The second kappa shape index (κ2) is 11.4. The number of nitrogens with zero attached hydrogens (tertiary/aromatic N) is 5. The van der Waals surface area contributed by atoms with Gasteiger partial charge in [-0.3, -0.25) is 0 Å². The van der Waals surface area contributed by atoms with E-state index in [9.17, 15) is 15.8 Å². The molecule has 0 radical (unpaired) electrons. The van der Waals surface area contributed by atoms with E-state index in [2.05, 4.69) is 106 Å². The number of aromatic nitrogens is 2. The van der Waals surface area contributed by atoms with Gasteiger partial charge in [-0.15, -0.1) is 0 Å². The lowest BCUT2D eigenvalue weighted by atomic mass is 9.90. The van der Waals surface area contributed by atoms with Crippen LogP contribution in [0.15, 0.2) is 152 Å². The van der Waals surface area contributed by atoms with Gasteiger partial charge in [0.15, 0.2) is 0 Å². The Balaban J connectivity index is 1.30. The maximum Gasteiger partial charge on any atom is 0.101 e. The van der Waals surface area contributed by atoms with E-state index >= 15 is 0 Å². The highest BCUT2D eigenvalue weighted by Gasteiger charge is 2.21. The molecule has 0 aliphatic heterocycles. The Kier molecular flexibility index (Phi) is 6.56. The van der Waals surface area contributed by atoms with Gasteiger partial charge in [-0.1, -0.05) is 91.0 Å². The third-order valence-electron chi connectivity index (χ3n) is 9.63. The van der Waals surface area contributed by atoms with Crippen molar-refractivity contribution in [3.63, 3.8) is 0 Å². The highest BCUT2D eigenvalue weighted by Crippen LogP contribution is 2.42. The molecule has 9 rings (SSSR count). The Labute approximate surface area is 287 Å². The smallest absolute Gasteiger partial charge is 0.101 e. The van der Waals surface area contributed by atoms with E-state index in [4.69, 9.17) is 0 Å². The quantitative estimate of drug-likeness (QED) is 0.193. The summed E-state index contributed by atoms with van der Waals surface area (Å²) in [4.78, 5) is 0. The van der Waals surface area contributed by atoms with E-state index in [0.29, 0.717) is 16.7 Å². The topological polar surface area (TPSA) is 81.2 Å². The number of hydrogen-bond acceptors (Lipinski definition) is 3. The third-order valence-corrected chi connectivity index (χ3v) is 9.63. The molecule has 9 aromatic rings. The molecule has 50 heavy (non-hydrogen) atoms. The first kappa shape index (κ1) is 28.8. The standard InChI is InChI=1S/C45H25N5/c46-26-29-22-23-42-39(24-29)38-18-8-12-32(28-48)45(38)49(42)33-13-7-10-30(25-33)34-14-1-2-17-37(34)44-31(27-47)11-9-21-43(44)50-40-19-5-3-15-35(40)36-16-4-6-20-41(36)50/h1-25H. The zero-order valence-corrected chi connectivity index (χ0v) is 26.7. The molecule has 5 nitrogen and oxygen atoms in total. The number of benzene rings is 7. The van der Waals surface area contributed by atoms with Crippen LogP contribution in [0.1, 0.15) is 16.7 Å². The molecule has 0 amide bonds. The van der Waals surface area contributed by atoms with Crippen LogP contribution in [0.4, 0.5) is 0 Å². The van der Waals surface area contributed by atoms with E-state index < -0.39 is 0 Å². The van der Waals surface area contributed by atoms with Crippen LogP contribution in [0.2, 0.25) is 0 Å². The third kappa shape index (κ3) is 4.24. The summed E-state index contributed by atoms with van der Waals surface area (Å²) in [7, 11) is 0. The van der Waals surface area contributed by atoms with Crippen molar-refractivity contribution in [2.75, 3.05) is 0 Å². The predicted octanol–water partition coefficient (Wildman–Crippen LogP) is 10.8. The highest BCUT2D eigenvalue weighted by molar-refractivity contribution is 6.12. The van der Waals surface area contributed by atoms with E-state index in [1.165, 1.54) is 0 Å². The van der Waals surface area contributed by atoms with Crippen LogP contribution in [0, 0.1) is 34.0 Å². The number of nitriles is 3. The summed E-state index contributed by atoms with van der Waals surface area (Å²) in [5, 5.41) is 34.5.